The fourth-order valence-corrected chi connectivity index (χ4v) is 3.20. The van der Waals surface area contributed by atoms with E-state index in [4.69, 9.17) is 0 Å². The van der Waals surface area contributed by atoms with Gasteiger partial charge in [-0.15, -0.1) is 0 Å². The van der Waals surface area contributed by atoms with Gasteiger partial charge >= 0.3 is 0 Å². The van der Waals surface area contributed by atoms with E-state index in [1.165, 1.54) is 34.8 Å². The normalized spacial score (nSPS) is 20.4. The molecule has 0 radical (unpaired) electrons. The van der Waals surface area contributed by atoms with Gasteiger partial charge in [-0.05, 0) is 72.9 Å². The van der Waals surface area contributed by atoms with Gasteiger partial charge in [-0.25, -0.2) is 0 Å². The van der Waals surface area contributed by atoms with E-state index < -0.39 is 0 Å². The molecule has 1 fully saturated rings. The Hall–Kier alpha value is -0.0900. The maximum absolute atomic E-state index is 3.76. The van der Waals surface area contributed by atoms with Crippen molar-refractivity contribution < 1.29 is 0 Å². The third kappa shape index (κ3) is 3.68. The van der Waals surface area contributed by atoms with Crippen molar-refractivity contribution in [2.45, 2.75) is 51.6 Å². The maximum Gasteiger partial charge on any atom is 0.0294 e. The van der Waals surface area contributed by atoms with Crippen LogP contribution in [0.4, 0.5) is 0 Å². The molecule has 17 heavy (non-hydrogen) atoms. The van der Waals surface area contributed by atoms with Gasteiger partial charge in [0, 0.05) is 15.7 Å². The molecule has 94 valence electrons. The van der Waals surface area contributed by atoms with Gasteiger partial charge in [0.25, 0.3) is 0 Å². The number of halogens is 1. The van der Waals surface area contributed by atoms with Crippen LogP contribution in [0.3, 0.4) is 0 Å². The average molecular weight is 343 g/mol. The molecule has 1 saturated carbocycles. The van der Waals surface area contributed by atoms with Crippen molar-refractivity contribution in [3.63, 3.8) is 0 Å². The molecule has 0 aromatic heterocycles. The number of benzene rings is 1. The zero-order valence-corrected chi connectivity index (χ0v) is 12.9. The van der Waals surface area contributed by atoms with E-state index in [-0.39, 0.29) is 0 Å². The lowest BCUT2D eigenvalue weighted by molar-refractivity contribution is 0.352. The second-order valence-electron chi connectivity index (χ2n) is 5.27. The highest BCUT2D eigenvalue weighted by atomic mass is 127. The summed E-state index contributed by atoms with van der Waals surface area (Å²) in [5, 5.41) is 3.76. The van der Waals surface area contributed by atoms with E-state index in [0.717, 1.165) is 5.92 Å². The topological polar surface area (TPSA) is 12.0 Å². The molecule has 0 heterocycles. The van der Waals surface area contributed by atoms with Crippen molar-refractivity contribution in [2.24, 2.45) is 5.92 Å². The van der Waals surface area contributed by atoms with Crippen molar-refractivity contribution in [3.8, 4) is 0 Å². The van der Waals surface area contributed by atoms with E-state index in [1.807, 2.05) is 0 Å². The van der Waals surface area contributed by atoms with Crippen LogP contribution in [0.2, 0.25) is 0 Å². The van der Waals surface area contributed by atoms with E-state index in [1.54, 1.807) is 0 Å². The van der Waals surface area contributed by atoms with E-state index in [0.29, 0.717) is 12.1 Å². The summed E-state index contributed by atoms with van der Waals surface area (Å²) in [5.41, 5.74) is 1.40. The van der Waals surface area contributed by atoms with Crippen molar-refractivity contribution in [2.75, 3.05) is 0 Å². The van der Waals surface area contributed by atoms with Gasteiger partial charge in [0.2, 0.25) is 0 Å². The molecular formula is C15H22IN. The molecule has 1 aliphatic rings. The van der Waals surface area contributed by atoms with Crippen LogP contribution in [0.25, 0.3) is 0 Å². The van der Waals surface area contributed by atoms with Crippen LogP contribution in [0.1, 0.15) is 51.1 Å². The van der Waals surface area contributed by atoms with Gasteiger partial charge in [0.15, 0.2) is 0 Å². The maximum atomic E-state index is 3.76. The molecule has 0 spiro atoms. The van der Waals surface area contributed by atoms with Gasteiger partial charge in [0.1, 0.15) is 0 Å². The van der Waals surface area contributed by atoms with Gasteiger partial charge in [-0.2, -0.15) is 0 Å². The third-order valence-corrected chi connectivity index (χ3v) is 4.71. The second kappa shape index (κ2) is 6.19. The lowest BCUT2D eigenvalue weighted by atomic mass is 9.98. The van der Waals surface area contributed by atoms with Crippen molar-refractivity contribution >= 4 is 22.6 Å². The van der Waals surface area contributed by atoms with Crippen molar-refractivity contribution in [1.29, 1.82) is 0 Å². The minimum Gasteiger partial charge on any atom is -0.307 e. The molecule has 2 rings (SSSR count). The minimum absolute atomic E-state index is 0.461. The first-order chi connectivity index (χ1) is 8.16. The number of nitrogens with one attached hydrogen (secondary N) is 1. The second-order valence-corrected chi connectivity index (χ2v) is 6.52. The summed E-state index contributed by atoms with van der Waals surface area (Å²) < 4.78 is 1.31. The molecule has 0 aliphatic heterocycles. The fourth-order valence-electron chi connectivity index (χ4n) is 2.84. The number of hydrogen-bond donors (Lipinski definition) is 1. The first kappa shape index (κ1) is 13.3. The smallest absolute Gasteiger partial charge is 0.0294 e. The van der Waals surface area contributed by atoms with E-state index in [9.17, 15) is 0 Å². The average Bonchev–Trinajstić information content (AvgIpc) is 2.83. The Balaban J connectivity index is 1.91. The molecule has 1 aliphatic carbocycles. The number of hydrogen-bond acceptors (Lipinski definition) is 1. The van der Waals surface area contributed by atoms with Gasteiger partial charge in [-0.1, -0.05) is 25.0 Å². The molecule has 1 aromatic rings. The zero-order valence-electron chi connectivity index (χ0n) is 10.7. The highest BCUT2D eigenvalue weighted by Crippen LogP contribution is 2.28. The molecule has 0 amide bonds. The first-order valence-electron chi connectivity index (χ1n) is 6.68. The highest BCUT2D eigenvalue weighted by molar-refractivity contribution is 14.1. The Morgan fingerprint density at radius 1 is 1.12 bits per heavy atom. The Kier molecular flexibility index (Phi) is 4.86. The van der Waals surface area contributed by atoms with Crippen LogP contribution < -0.4 is 5.32 Å². The molecule has 1 nitrogen and oxygen atoms in total. The summed E-state index contributed by atoms with van der Waals surface area (Å²) in [4.78, 5) is 0. The zero-order chi connectivity index (χ0) is 12.3. The summed E-state index contributed by atoms with van der Waals surface area (Å²) in [6.45, 7) is 4.62. The predicted molar refractivity (Wildman–Crippen MR) is 82.1 cm³/mol. The molecule has 1 N–H and O–H groups in total. The van der Waals surface area contributed by atoms with Crippen LogP contribution in [0, 0.1) is 9.49 Å². The van der Waals surface area contributed by atoms with Crippen molar-refractivity contribution in [3.05, 3.63) is 33.4 Å². The highest BCUT2D eigenvalue weighted by Gasteiger charge is 2.22. The summed E-state index contributed by atoms with van der Waals surface area (Å²) in [5.74, 6) is 0.890. The number of rotatable bonds is 4. The lowest BCUT2D eigenvalue weighted by Gasteiger charge is -2.25. The van der Waals surface area contributed by atoms with Gasteiger partial charge in [0.05, 0.1) is 0 Å². The van der Waals surface area contributed by atoms with Crippen LogP contribution in [0.5, 0.6) is 0 Å². The molecule has 1 unspecified atom stereocenters. The summed E-state index contributed by atoms with van der Waals surface area (Å²) in [6, 6.07) is 9.96. The molecule has 0 saturated heterocycles. The van der Waals surface area contributed by atoms with Crippen molar-refractivity contribution in [1.82, 2.24) is 5.32 Å². The summed E-state index contributed by atoms with van der Waals surface area (Å²) >= 11 is 2.36. The van der Waals surface area contributed by atoms with Crippen LogP contribution in [-0.4, -0.2) is 6.04 Å². The SMILES string of the molecule is CC(N[C@@H](C)C1CCCC1)c1ccc(I)cc1. The molecule has 1 aromatic carbocycles. The largest absolute Gasteiger partial charge is 0.307 e. The Morgan fingerprint density at radius 3 is 2.29 bits per heavy atom. The lowest BCUT2D eigenvalue weighted by Crippen LogP contribution is -2.34. The molecule has 2 atom stereocenters. The van der Waals surface area contributed by atoms with E-state index in [2.05, 4.69) is 66.0 Å². The summed E-state index contributed by atoms with van der Waals surface area (Å²) in [6.07, 6.45) is 5.67. The Labute approximate surface area is 119 Å². The predicted octanol–water partition coefficient (Wildman–Crippen LogP) is 4.52. The molecular weight excluding hydrogens is 321 g/mol. The first-order valence-corrected chi connectivity index (χ1v) is 7.76. The van der Waals surface area contributed by atoms with Crippen LogP contribution >= 0.6 is 22.6 Å². The van der Waals surface area contributed by atoms with Crippen LogP contribution in [-0.2, 0) is 0 Å². The van der Waals surface area contributed by atoms with Gasteiger partial charge in [-0.3, -0.25) is 0 Å². The fraction of sp³-hybridized carbons (Fsp3) is 0.600. The Morgan fingerprint density at radius 2 is 1.71 bits per heavy atom. The summed E-state index contributed by atoms with van der Waals surface area (Å²) in [7, 11) is 0. The minimum atomic E-state index is 0.461. The van der Waals surface area contributed by atoms with E-state index >= 15 is 0 Å². The molecule has 0 bridgehead atoms. The monoisotopic (exact) mass is 343 g/mol. The standard InChI is InChI=1S/C15H22IN/c1-11(13-5-3-4-6-13)17-12(2)14-7-9-15(16)10-8-14/h7-13,17H,3-6H2,1-2H3/t11-,12?/m0/s1. The quantitative estimate of drug-likeness (QED) is 0.793. The molecule has 2 heteroatoms. The van der Waals surface area contributed by atoms with Gasteiger partial charge < -0.3 is 5.32 Å². The third-order valence-electron chi connectivity index (χ3n) is 3.99. The van der Waals surface area contributed by atoms with Crippen LogP contribution in [0.15, 0.2) is 24.3 Å². The Bertz CT molecular complexity index is 340.